The second kappa shape index (κ2) is 6.44. The Hall–Kier alpha value is -2.68. The van der Waals surface area contributed by atoms with E-state index >= 15 is 0 Å². The number of ether oxygens (including phenoxy) is 2. The Morgan fingerprint density at radius 3 is 3.04 bits per heavy atom. The lowest BCUT2D eigenvalue weighted by molar-refractivity contribution is 0.0903. The van der Waals surface area contributed by atoms with Crippen molar-refractivity contribution < 1.29 is 9.47 Å². The first kappa shape index (κ1) is 14.9. The van der Waals surface area contributed by atoms with E-state index in [1.165, 1.54) is 0 Å². The van der Waals surface area contributed by atoms with Crippen molar-refractivity contribution >= 4 is 11.6 Å². The average molecular weight is 329 g/mol. The minimum atomic E-state index is 0.327. The van der Waals surface area contributed by atoms with E-state index in [1.54, 1.807) is 23.2 Å². The van der Waals surface area contributed by atoms with Crippen molar-refractivity contribution in [3.63, 3.8) is 0 Å². The monoisotopic (exact) mass is 329 g/mol. The summed E-state index contributed by atoms with van der Waals surface area (Å²) < 4.78 is 12.8. The molecule has 0 bridgehead atoms. The molecule has 3 aromatic rings. The van der Waals surface area contributed by atoms with Crippen molar-refractivity contribution in [2.75, 3.05) is 25.1 Å². The van der Waals surface area contributed by atoms with Crippen LogP contribution in [0.1, 0.15) is 19.8 Å². The highest BCUT2D eigenvalue weighted by atomic mass is 16.5. The van der Waals surface area contributed by atoms with E-state index in [4.69, 9.17) is 9.47 Å². The summed E-state index contributed by atoms with van der Waals surface area (Å²) in [4.78, 5) is 9.06. The lowest BCUT2D eigenvalue weighted by Gasteiger charge is -2.22. The Labute approximate surface area is 138 Å². The molecule has 0 saturated carbocycles. The van der Waals surface area contributed by atoms with Crippen molar-refractivity contribution in [3.8, 4) is 17.0 Å². The SMILES string of the molecule is CCOc1c(-c2cn[nH]c2)ncn2nc(NC3CCOCC3)nc12. The van der Waals surface area contributed by atoms with Gasteiger partial charge in [-0.25, -0.2) is 4.98 Å². The number of nitrogens with one attached hydrogen (secondary N) is 2. The molecule has 4 heterocycles. The molecule has 1 fully saturated rings. The molecule has 126 valence electrons. The maximum Gasteiger partial charge on any atom is 0.243 e. The van der Waals surface area contributed by atoms with Crippen molar-refractivity contribution in [1.29, 1.82) is 0 Å². The van der Waals surface area contributed by atoms with Crippen LogP contribution in [0.15, 0.2) is 18.7 Å². The molecule has 0 spiro atoms. The number of fused-ring (bicyclic) bond motifs is 1. The van der Waals surface area contributed by atoms with Gasteiger partial charge in [0.05, 0.1) is 12.8 Å². The van der Waals surface area contributed by atoms with Crippen LogP contribution in [0.5, 0.6) is 5.75 Å². The fourth-order valence-electron chi connectivity index (χ4n) is 2.78. The third kappa shape index (κ3) is 2.78. The fourth-order valence-corrected chi connectivity index (χ4v) is 2.78. The zero-order valence-electron chi connectivity index (χ0n) is 13.4. The smallest absolute Gasteiger partial charge is 0.243 e. The van der Waals surface area contributed by atoms with E-state index in [0.29, 0.717) is 35.7 Å². The van der Waals surface area contributed by atoms with Crippen LogP contribution < -0.4 is 10.1 Å². The standard InChI is InChI=1S/C15H19N7O2/c1-2-24-13-12(10-7-17-18-8-10)16-9-22-14(13)20-15(21-22)19-11-3-5-23-6-4-11/h7-9,11H,2-6H2,1H3,(H,17,18)(H,19,21). The Kier molecular flexibility index (Phi) is 3.99. The minimum Gasteiger partial charge on any atom is -0.488 e. The molecular weight excluding hydrogens is 310 g/mol. The lowest BCUT2D eigenvalue weighted by Crippen LogP contribution is -2.28. The van der Waals surface area contributed by atoms with Gasteiger partial charge in [0, 0.05) is 31.0 Å². The van der Waals surface area contributed by atoms with Gasteiger partial charge in [0.2, 0.25) is 11.6 Å². The number of aromatic nitrogens is 6. The molecule has 0 aliphatic carbocycles. The van der Waals surface area contributed by atoms with Gasteiger partial charge in [0.1, 0.15) is 12.0 Å². The fraction of sp³-hybridized carbons (Fsp3) is 0.467. The van der Waals surface area contributed by atoms with Crippen molar-refractivity contribution in [1.82, 2.24) is 29.8 Å². The van der Waals surface area contributed by atoms with Crippen LogP contribution in [-0.4, -0.2) is 55.6 Å². The molecular formula is C15H19N7O2. The second-order valence-electron chi connectivity index (χ2n) is 5.58. The summed E-state index contributed by atoms with van der Waals surface area (Å²) in [6, 6.07) is 0.327. The summed E-state index contributed by atoms with van der Waals surface area (Å²) in [7, 11) is 0. The van der Waals surface area contributed by atoms with Crippen molar-refractivity contribution in [2.24, 2.45) is 0 Å². The summed E-state index contributed by atoms with van der Waals surface area (Å²) in [5.74, 6) is 1.18. The molecule has 2 N–H and O–H groups in total. The van der Waals surface area contributed by atoms with Gasteiger partial charge < -0.3 is 14.8 Å². The maximum absolute atomic E-state index is 5.80. The van der Waals surface area contributed by atoms with Crippen LogP contribution in [0.3, 0.4) is 0 Å². The maximum atomic E-state index is 5.80. The van der Waals surface area contributed by atoms with Crippen LogP contribution in [0.4, 0.5) is 5.95 Å². The zero-order valence-corrected chi connectivity index (χ0v) is 13.4. The summed E-state index contributed by atoms with van der Waals surface area (Å²) in [5, 5.41) is 14.6. The largest absolute Gasteiger partial charge is 0.488 e. The number of H-pyrrole nitrogens is 1. The van der Waals surface area contributed by atoms with Gasteiger partial charge in [-0.3, -0.25) is 5.10 Å². The normalized spacial score (nSPS) is 15.7. The number of nitrogens with zero attached hydrogens (tertiary/aromatic N) is 5. The Bertz CT molecular complexity index is 809. The number of hydrogen-bond acceptors (Lipinski definition) is 7. The molecule has 3 aromatic heterocycles. The van der Waals surface area contributed by atoms with E-state index in [1.807, 2.05) is 6.92 Å². The van der Waals surface area contributed by atoms with Gasteiger partial charge in [0.25, 0.3) is 0 Å². The number of anilines is 1. The molecule has 0 atom stereocenters. The first-order valence-corrected chi connectivity index (χ1v) is 8.06. The molecule has 24 heavy (non-hydrogen) atoms. The molecule has 0 aromatic carbocycles. The summed E-state index contributed by atoms with van der Waals surface area (Å²) in [6.45, 7) is 3.98. The van der Waals surface area contributed by atoms with Crippen LogP contribution in [-0.2, 0) is 4.74 Å². The van der Waals surface area contributed by atoms with Crippen LogP contribution in [0, 0.1) is 0 Å². The van der Waals surface area contributed by atoms with Gasteiger partial charge in [0.15, 0.2) is 5.75 Å². The number of aromatic amines is 1. The molecule has 0 radical (unpaired) electrons. The first-order valence-electron chi connectivity index (χ1n) is 8.06. The molecule has 1 aliphatic rings. The van der Waals surface area contributed by atoms with Crippen molar-refractivity contribution in [2.45, 2.75) is 25.8 Å². The van der Waals surface area contributed by atoms with E-state index in [9.17, 15) is 0 Å². The van der Waals surface area contributed by atoms with Gasteiger partial charge in [-0.2, -0.15) is 14.6 Å². The van der Waals surface area contributed by atoms with E-state index in [2.05, 4.69) is 30.6 Å². The third-order valence-corrected chi connectivity index (χ3v) is 3.96. The third-order valence-electron chi connectivity index (χ3n) is 3.96. The predicted molar refractivity (Wildman–Crippen MR) is 87.0 cm³/mol. The molecule has 1 saturated heterocycles. The number of hydrogen-bond donors (Lipinski definition) is 2. The Morgan fingerprint density at radius 1 is 1.42 bits per heavy atom. The van der Waals surface area contributed by atoms with E-state index in [0.717, 1.165) is 31.6 Å². The summed E-state index contributed by atoms with van der Waals surface area (Å²) >= 11 is 0. The summed E-state index contributed by atoms with van der Waals surface area (Å²) in [5.41, 5.74) is 2.18. The molecule has 1 aliphatic heterocycles. The Balaban J connectivity index is 1.71. The highest BCUT2D eigenvalue weighted by Gasteiger charge is 2.19. The zero-order chi connectivity index (χ0) is 16.4. The summed E-state index contributed by atoms with van der Waals surface area (Å²) in [6.07, 6.45) is 7.03. The topological polar surface area (TPSA) is 102 Å². The predicted octanol–water partition coefficient (Wildman–Crippen LogP) is 1.50. The van der Waals surface area contributed by atoms with Gasteiger partial charge in [-0.15, -0.1) is 5.10 Å². The van der Waals surface area contributed by atoms with Gasteiger partial charge >= 0.3 is 0 Å². The van der Waals surface area contributed by atoms with Crippen molar-refractivity contribution in [3.05, 3.63) is 18.7 Å². The second-order valence-corrected chi connectivity index (χ2v) is 5.58. The number of rotatable bonds is 5. The molecule has 9 nitrogen and oxygen atoms in total. The van der Waals surface area contributed by atoms with Gasteiger partial charge in [-0.05, 0) is 19.8 Å². The van der Waals surface area contributed by atoms with E-state index in [-0.39, 0.29) is 0 Å². The molecule has 4 rings (SSSR count). The van der Waals surface area contributed by atoms with E-state index < -0.39 is 0 Å². The van der Waals surface area contributed by atoms with Crippen LogP contribution in [0.2, 0.25) is 0 Å². The highest BCUT2D eigenvalue weighted by Crippen LogP contribution is 2.31. The Morgan fingerprint density at radius 2 is 2.29 bits per heavy atom. The molecule has 0 unspecified atom stereocenters. The minimum absolute atomic E-state index is 0.327. The lowest BCUT2D eigenvalue weighted by atomic mass is 10.1. The molecule has 0 amide bonds. The quantitative estimate of drug-likeness (QED) is 0.731. The van der Waals surface area contributed by atoms with Crippen LogP contribution in [0.25, 0.3) is 16.9 Å². The molecule has 9 heteroatoms. The first-order chi connectivity index (χ1) is 11.8. The van der Waals surface area contributed by atoms with Gasteiger partial charge in [-0.1, -0.05) is 0 Å². The highest BCUT2D eigenvalue weighted by molar-refractivity contribution is 5.73. The van der Waals surface area contributed by atoms with Crippen LogP contribution >= 0.6 is 0 Å². The average Bonchev–Trinajstić information content (AvgIpc) is 3.25.